The molecule has 3 nitrogen and oxygen atoms in total. The minimum atomic E-state index is -0.0101. The van der Waals surface area contributed by atoms with E-state index in [4.69, 9.17) is 5.73 Å². The lowest BCUT2D eigenvalue weighted by atomic mass is 9.87. The molecule has 0 aromatic carbocycles. The summed E-state index contributed by atoms with van der Waals surface area (Å²) in [7, 11) is 0. The summed E-state index contributed by atoms with van der Waals surface area (Å²) in [5.41, 5.74) is 6.29. The van der Waals surface area contributed by atoms with Crippen molar-refractivity contribution in [1.29, 1.82) is 0 Å². The van der Waals surface area contributed by atoms with E-state index in [1.807, 2.05) is 4.90 Å². The molecule has 1 aliphatic rings. The summed E-state index contributed by atoms with van der Waals surface area (Å²) < 4.78 is 0. The molecule has 1 aliphatic heterocycles. The Morgan fingerprint density at radius 2 is 2.00 bits per heavy atom. The van der Waals surface area contributed by atoms with Crippen LogP contribution in [0.4, 0.5) is 0 Å². The summed E-state index contributed by atoms with van der Waals surface area (Å²) in [5, 5.41) is 0. The maximum absolute atomic E-state index is 12.3. The number of hydrogen-bond acceptors (Lipinski definition) is 2. The lowest BCUT2D eigenvalue weighted by Crippen LogP contribution is -2.46. The van der Waals surface area contributed by atoms with E-state index in [2.05, 4.69) is 34.6 Å². The molecular weight excluding hydrogens is 224 g/mol. The predicted molar refractivity (Wildman–Crippen MR) is 76.2 cm³/mol. The van der Waals surface area contributed by atoms with E-state index in [0.29, 0.717) is 12.5 Å². The Hall–Kier alpha value is -0.570. The van der Waals surface area contributed by atoms with Crippen LogP contribution in [0.5, 0.6) is 0 Å². The summed E-state index contributed by atoms with van der Waals surface area (Å²) in [5.74, 6) is 0.985. The van der Waals surface area contributed by atoms with Gasteiger partial charge in [0.1, 0.15) is 0 Å². The van der Waals surface area contributed by atoms with E-state index in [0.717, 1.165) is 31.7 Å². The van der Waals surface area contributed by atoms with Gasteiger partial charge in [-0.05, 0) is 37.5 Å². The van der Waals surface area contributed by atoms with Gasteiger partial charge in [-0.3, -0.25) is 4.79 Å². The fraction of sp³-hybridized carbons (Fsp3) is 0.933. The summed E-state index contributed by atoms with van der Waals surface area (Å²) >= 11 is 0. The molecule has 1 heterocycles. The molecule has 1 fully saturated rings. The average molecular weight is 254 g/mol. The fourth-order valence-electron chi connectivity index (χ4n) is 2.98. The Kier molecular flexibility index (Phi) is 5.20. The van der Waals surface area contributed by atoms with Crippen molar-refractivity contribution in [1.82, 2.24) is 4.90 Å². The van der Waals surface area contributed by atoms with Crippen molar-refractivity contribution in [2.45, 2.75) is 72.4 Å². The van der Waals surface area contributed by atoms with Crippen molar-refractivity contribution in [3.05, 3.63) is 0 Å². The van der Waals surface area contributed by atoms with Crippen LogP contribution in [-0.2, 0) is 4.79 Å². The van der Waals surface area contributed by atoms with Gasteiger partial charge in [-0.2, -0.15) is 0 Å². The number of nitrogens with zero attached hydrogens (tertiary/aromatic N) is 1. The minimum Gasteiger partial charge on any atom is -0.340 e. The van der Waals surface area contributed by atoms with E-state index in [9.17, 15) is 4.79 Å². The standard InChI is InChI=1S/C15H30N2O/c1-11-6-7-17(12(2)8-11)14(18)9-13(16)10-15(3,4)5/h11-13H,6-10,16H2,1-5H3. The van der Waals surface area contributed by atoms with Crippen molar-refractivity contribution in [2.24, 2.45) is 17.1 Å². The second-order valence-corrected chi connectivity index (χ2v) is 7.29. The van der Waals surface area contributed by atoms with Gasteiger partial charge in [-0.15, -0.1) is 0 Å². The van der Waals surface area contributed by atoms with Crippen molar-refractivity contribution in [3.63, 3.8) is 0 Å². The highest BCUT2D eigenvalue weighted by molar-refractivity contribution is 5.77. The van der Waals surface area contributed by atoms with Gasteiger partial charge in [-0.25, -0.2) is 0 Å². The highest BCUT2D eigenvalue weighted by Gasteiger charge is 2.28. The Labute approximate surface area is 112 Å². The van der Waals surface area contributed by atoms with E-state index in [-0.39, 0.29) is 17.4 Å². The van der Waals surface area contributed by atoms with E-state index >= 15 is 0 Å². The van der Waals surface area contributed by atoms with Crippen LogP contribution in [-0.4, -0.2) is 29.4 Å². The second kappa shape index (κ2) is 6.05. The van der Waals surface area contributed by atoms with Gasteiger partial charge in [0.25, 0.3) is 0 Å². The molecule has 0 radical (unpaired) electrons. The highest BCUT2D eigenvalue weighted by Crippen LogP contribution is 2.25. The van der Waals surface area contributed by atoms with Crippen LogP contribution in [0.3, 0.4) is 0 Å². The molecule has 3 heteroatoms. The number of nitrogens with two attached hydrogens (primary N) is 1. The topological polar surface area (TPSA) is 46.3 Å². The molecule has 106 valence electrons. The number of piperidine rings is 1. The Morgan fingerprint density at radius 1 is 1.39 bits per heavy atom. The zero-order valence-electron chi connectivity index (χ0n) is 12.7. The maximum Gasteiger partial charge on any atom is 0.224 e. The summed E-state index contributed by atoms with van der Waals surface area (Å²) in [6.07, 6.45) is 3.65. The molecule has 1 rings (SSSR count). The Balaban J connectivity index is 2.45. The first-order valence-corrected chi connectivity index (χ1v) is 7.24. The number of carbonyl (C=O) groups excluding carboxylic acids is 1. The van der Waals surface area contributed by atoms with Gasteiger partial charge in [0, 0.05) is 25.0 Å². The monoisotopic (exact) mass is 254 g/mol. The molecule has 0 spiro atoms. The van der Waals surface area contributed by atoms with Crippen LogP contribution < -0.4 is 5.73 Å². The normalized spacial score (nSPS) is 27.1. The quantitative estimate of drug-likeness (QED) is 0.842. The zero-order chi connectivity index (χ0) is 13.9. The van der Waals surface area contributed by atoms with Crippen LogP contribution >= 0.6 is 0 Å². The number of amides is 1. The first kappa shape index (κ1) is 15.5. The van der Waals surface area contributed by atoms with Crippen molar-refractivity contribution < 1.29 is 4.79 Å². The summed E-state index contributed by atoms with van der Waals surface area (Å²) in [6.45, 7) is 11.8. The molecule has 0 aromatic rings. The highest BCUT2D eigenvalue weighted by atomic mass is 16.2. The maximum atomic E-state index is 12.3. The Bertz CT molecular complexity index is 283. The van der Waals surface area contributed by atoms with Crippen LogP contribution in [0.15, 0.2) is 0 Å². The summed E-state index contributed by atoms with van der Waals surface area (Å²) in [4.78, 5) is 14.3. The van der Waals surface area contributed by atoms with E-state index < -0.39 is 0 Å². The first-order chi connectivity index (χ1) is 8.19. The van der Waals surface area contributed by atoms with Crippen LogP contribution in [0.1, 0.15) is 60.3 Å². The van der Waals surface area contributed by atoms with Gasteiger partial charge < -0.3 is 10.6 Å². The number of hydrogen-bond donors (Lipinski definition) is 1. The Morgan fingerprint density at radius 3 is 2.50 bits per heavy atom. The minimum absolute atomic E-state index is 0.0101. The molecule has 3 atom stereocenters. The van der Waals surface area contributed by atoms with Gasteiger partial charge in [0.15, 0.2) is 0 Å². The van der Waals surface area contributed by atoms with Crippen LogP contribution in [0, 0.1) is 11.3 Å². The predicted octanol–water partition coefficient (Wildman–Crippen LogP) is 2.79. The number of likely N-dealkylation sites (tertiary alicyclic amines) is 1. The molecule has 0 saturated carbocycles. The molecule has 0 bridgehead atoms. The average Bonchev–Trinajstić information content (AvgIpc) is 2.13. The summed E-state index contributed by atoms with van der Waals surface area (Å²) in [6, 6.07) is 0.368. The number of rotatable bonds is 3. The van der Waals surface area contributed by atoms with Gasteiger partial charge in [-0.1, -0.05) is 27.7 Å². The van der Waals surface area contributed by atoms with Gasteiger partial charge >= 0.3 is 0 Å². The molecule has 1 saturated heterocycles. The third-order valence-electron chi connectivity index (χ3n) is 3.77. The molecule has 2 N–H and O–H groups in total. The smallest absolute Gasteiger partial charge is 0.224 e. The molecular formula is C15H30N2O. The van der Waals surface area contributed by atoms with E-state index in [1.54, 1.807) is 0 Å². The van der Waals surface area contributed by atoms with Gasteiger partial charge in [0.05, 0.1) is 0 Å². The number of carbonyl (C=O) groups is 1. The van der Waals surface area contributed by atoms with Crippen molar-refractivity contribution in [2.75, 3.05) is 6.54 Å². The lowest BCUT2D eigenvalue weighted by Gasteiger charge is -2.37. The van der Waals surface area contributed by atoms with Crippen LogP contribution in [0.25, 0.3) is 0 Å². The van der Waals surface area contributed by atoms with E-state index in [1.165, 1.54) is 0 Å². The van der Waals surface area contributed by atoms with Crippen molar-refractivity contribution in [3.8, 4) is 0 Å². The molecule has 0 aliphatic carbocycles. The lowest BCUT2D eigenvalue weighted by molar-refractivity contribution is -0.135. The fourth-order valence-corrected chi connectivity index (χ4v) is 2.98. The third kappa shape index (κ3) is 4.97. The second-order valence-electron chi connectivity index (χ2n) is 7.29. The SMILES string of the molecule is CC1CCN(C(=O)CC(N)CC(C)(C)C)C(C)C1. The third-order valence-corrected chi connectivity index (χ3v) is 3.77. The zero-order valence-corrected chi connectivity index (χ0v) is 12.7. The van der Waals surface area contributed by atoms with Gasteiger partial charge in [0.2, 0.25) is 5.91 Å². The van der Waals surface area contributed by atoms with Crippen LogP contribution in [0.2, 0.25) is 0 Å². The first-order valence-electron chi connectivity index (χ1n) is 7.24. The molecule has 3 unspecified atom stereocenters. The largest absolute Gasteiger partial charge is 0.340 e. The molecule has 18 heavy (non-hydrogen) atoms. The molecule has 1 amide bonds. The molecule has 0 aromatic heterocycles. The van der Waals surface area contributed by atoms with Crippen molar-refractivity contribution >= 4 is 5.91 Å².